The molecule has 0 aliphatic rings. The van der Waals surface area contributed by atoms with Gasteiger partial charge in [0.1, 0.15) is 0 Å². The van der Waals surface area contributed by atoms with E-state index in [1.54, 1.807) is 12.1 Å². The topological polar surface area (TPSA) is 61.8 Å². The lowest BCUT2D eigenvalue weighted by Crippen LogP contribution is -2.27. The Morgan fingerprint density at radius 2 is 2.00 bits per heavy atom. The summed E-state index contributed by atoms with van der Waals surface area (Å²) in [6.07, 6.45) is 3.07. The third kappa shape index (κ3) is 4.49. The standard InChI is InChI=1S/C14H19Cl2N3/c1-3-4-5-13(9(2)8-17)19-14-7-11(16)10(15)6-12(14)18/h6-7,9,13,19H,3-5,18H2,1-2H3. The van der Waals surface area contributed by atoms with Gasteiger partial charge in [0.15, 0.2) is 0 Å². The third-order valence-electron chi connectivity index (χ3n) is 3.11. The largest absolute Gasteiger partial charge is 0.397 e. The lowest BCUT2D eigenvalue weighted by Gasteiger charge is -2.23. The molecule has 0 aromatic heterocycles. The number of nitrogens with zero attached hydrogens (tertiary/aromatic N) is 1. The zero-order valence-electron chi connectivity index (χ0n) is 11.2. The molecular weight excluding hydrogens is 281 g/mol. The Hall–Kier alpha value is -1.11. The van der Waals surface area contributed by atoms with Crippen molar-refractivity contribution in [2.75, 3.05) is 11.1 Å². The molecule has 0 heterocycles. The van der Waals surface area contributed by atoms with Gasteiger partial charge in [-0.3, -0.25) is 0 Å². The molecule has 1 aromatic carbocycles. The van der Waals surface area contributed by atoms with E-state index in [1.165, 1.54) is 0 Å². The molecule has 104 valence electrons. The molecule has 1 rings (SSSR count). The molecule has 0 aliphatic heterocycles. The number of nitrogen functional groups attached to an aromatic ring is 1. The van der Waals surface area contributed by atoms with Gasteiger partial charge in [0.2, 0.25) is 0 Å². The summed E-state index contributed by atoms with van der Waals surface area (Å²) >= 11 is 11.9. The van der Waals surface area contributed by atoms with E-state index in [4.69, 9.17) is 34.2 Å². The molecule has 5 heteroatoms. The van der Waals surface area contributed by atoms with E-state index in [0.717, 1.165) is 24.9 Å². The Kier molecular flexibility index (Phi) is 6.27. The van der Waals surface area contributed by atoms with Crippen molar-refractivity contribution in [3.05, 3.63) is 22.2 Å². The molecule has 3 nitrogen and oxygen atoms in total. The maximum atomic E-state index is 9.08. The van der Waals surface area contributed by atoms with E-state index in [9.17, 15) is 0 Å². The summed E-state index contributed by atoms with van der Waals surface area (Å²) in [5.41, 5.74) is 7.20. The minimum Gasteiger partial charge on any atom is -0.397 e. The molecule has 0 saturated heterocycles. The predicted molar refractivity (Wildman–Crippen MR) is 82.6 cm³/mol. The van der Waals surface area contributed by atoms with Gasteiger partial charge in [-0.25, -0.2) is 0 Å². The van der Waals surface area contributed by atoms with Crippen LogP contribution < -0.4 is 11.1 Å². The van der Waals surface area contributed by atoms with Crippen molar-refractivity contribution in [1.82, 2.24) is 0 Å². The lowest BCUT2D eigenvalue weighted by atomic mass is 9.97. The van der Waals surface area contributed by atoms with Crippen LogP contribution in [0.4, 0.5) is 11.4 Å². The highest BCUT2D eigenvalue weighted by molar-refractivity contribution is 6.42. The summed E-state index contributed by atoms with van der Waals surface area (Å²) in [7, 11) is 0. The van der Waals surface area contributed by atoms with Crippen LogP contribution in [0.2, 0.25) is 10.0 Å². The van der Waals surface area contributed by atoms with Crippen molar-refractivity contribution in [3.8, 4) is 6.07 Å². The van der Waals surface area contributed by atoms with E-state index >= 15 is 0 Å². The first-order valence-electron chi connectivity index (χ1n) is 6.40. The van der Waals surface area contributed by atoms with Gasteiger partial charge < -0.3 is 11.1 Å². The Labute approximate surface area is 124 Å². The second-order valence-corrected chi connectivity index (χ2v) is 5.48. The number of anilines is 2. The summed E-state index contributed by atoms with van der Waals surface area (Å²) < 4.78 is 0. The molecule has 3 N–H and O–H groups in total. The van der Waals surface area contributed by atoms with Gasteiger partial charge in [0.05, 0.1) is 33.4 Å². The molecule has 2 atom stereocenters. The number of nitrogens with one attached hydrogen (secondary N) is 1. The average Bonchev–Trinajstić information content (AvgIpc) is 2.39. The van der Waals surface area contributed by atoms with Gasteiger partial charge in [0.25, 0.3) is 0 Å². The fourth-order valence-electron chi connectivity index (χ4n) is 1.85. The van der Waals surface area contributed by atoms with Crippen LogP contribution in [0.15, 0.2) is 12.1 Å². The smallest absolute Gasteiger partial charge is 0.0674 e. The van der Waals surface area contributed by atoms with Crippen molar-refractivity contribution in [2.24, 2.45) is 5.92 Å². The molecule has 0 spiro atoms. The number of benzene rings is 1. The Morgan fingerprint density at radius 3 is 2.58 bits per heavy atom. The second kappa shape index (κ2) is 7.47. The van der Waals surface area contributed by atoms with Gasteiger partial charge >= 0.3 is 0 Å². The Morgan fingerprint density at radius 1 is 1.37 bits per heavy atom. The molecule has 0 bridgehead atoms. The first-order valence-corrected chi connectivity index (χ1v) is 7.15. The van der Waals surface area contributed by atoms with Crippen molar-refractivity contribution >= 4 is 34.6 Å². The van der Waals surface area contributed by atoms with Crippen LogP contribution in [0.25, 0.3) is 0 Å². The van der Waals surface area contributed by atoms with Gasteiger partial charge in [-0.05, 0) is 25.5 Å². The quantitative estimate of drug-likeness (QED) is 0.748. The van der Waals surface area contributed by atoms with Gasteiger partial charge in [-0.2, -0.15) is 5.26 Å². The summed E-state index contributed by atoms with van der Waals surface area (Å²) in [5, 5.41) is 13.3. The van der Waals surface area contributed by atoms with E-state index < -0.39 is 0 Å². The zero-order valence-corrected chi connectivity index (χ0v) is 12.7. The van der Waals surface area contributed by atoms with Crippen LogP contribution >= 0.6 is 23.2 Å². The highest BCUT2D eigenvalue weighted by atomic mass is 35.5. The average molecular weight is 300 g/mol. The van der Waals surface area contributed by atoms with Gasteiger partial charge in [-0.15, -0.1) is 0 Å². The maximum Gasteiger partial charge on any atom is 0.0674 e. The minimum atomic E-state index is -0.0968. The fourth-order valence-corrected chi connectivity index (χ4v) is 2.18. The molecule has 2 unspecified atom stereocenters. The molecule has 1 aromatic rings. The highest BCUT2D eigenvalue weighted by Gasteiger charge is 2.17. The van der Waals surface area contributed by atoms with Crippen molar-refractivity contribution in [3.63, 3.8) is 0 Å². The predicted octanol–water partition coefficient (Wildman–Crippen LogP) is 4.71. The molecular formula is C14H19Cl2N3. The van der Waals surface area contributed by atoms with E-state index in [0.29, 0.717) is 15.7 Å². The van der Waals surface area contributed by atoms with Crippen LogP contribution in [0.3, 0.4) is 0 Å². The van der Waals surface area contributed by atoms with Crippen LogP contribution in [0.1, 0.15) is 33.1 Å². The number of nitriles is 1. The van der Waals surface area contributed by atoms with Crippen LogP contribution in [0, 0.1) is 17.2 Å². The summed E-state index contributed by atoms with van der Waals surface area (Å²) in [6, 6.07) is 5.67. The molecule has 0 aliphatic carbocycles. The van der Waals surface area contributed by atoms with E-state index in [-0.39, 0.29) is 12.0 Å². The SMILES string of the molecule is CCCCC(Nc1cc(Cl)c(Cl)cc1N)C(C)C#N. The molecule has 0 fully saturated rings. The first-order chi connectivity index (χ1) is 8.99. The van der Waals surface area contributed by atoms with E-state index in [1.807, 2.05) is 6.92 Å². The van der Waals surface area contributed by atoms with E-state index in [2.05, 4.69) is 18.3 Å². The zero-order chi connectivity index (χ0) is 14.4. The Bertz CT molecular complexity index is 468. The number of unbranched alkanes of at least 4 members (excludes halogenated alkanes) is 1. The van der Waals surface area contributed by atoms with Crippen molar-refractivity contribution in [2.45, 2.75) is 39.2 Å². The molecule has 0 radical (unpaired) electrons. The summed E-state index contributed by atoms with van der Waals surface area (Å²) in [5.74, 6) is -0.0968. The fraction of sp³-hybridized carbons (Fsp3) is 0.500. The highest BCUT2D eigenvalue weighted by Crippen LogP contribution is 2.32. The number of hydrogen-bond acceptors (Lipinski definition) is 3. The van der Waals surface area contributed by atoms with Gasteiger partial charge in [0, 0.05) is 6.04 Å². The second-order valence-electron chi connectivity index (χ2n) is 4.66. The molecule has 0 saturated carbocycles. The monoisotopic (exact) mass is 299 g/mol. The summed E-state index contributed by atoms with van der Waals surface area (Å²) in [4.78, 5) is 0. The maximum absolute atomic E-state index is 9.08. The van der Waals surface area contributed by atoms with Gasteiger partial charge in [-0.1, -0.05) is 43.0 Å². The molecule has 19 heavy (non-hydrogen) atoms. The van der Waals surface area contributed by atoms with Crippen LogP contribution in [0.5, 0.6) is 0 Å². The van der Waals surface area contributed by atoms with Crippen LogP contribution in [-0.4, -0.2) is 6.04 Å². The van der Waals surface area contributed by atoms with Crippen molar-refractivity contribution in [1.29, 1.82) is 5.26 Å². The van der Waals surface area contributed by atoms with Crippen molar-refractivity contribution < 1.29 is 0 Å². The third-order valence-corrected chi connectivity index (χ3v) is 3.83. The Balaban J connectivity index is 2.90. The van der Waals surface area contributed by atoms with Crippen LogP contribution in [-0.2, 0) is 0 Å². The minimum absolute atomic E-state index is 0.0597. The lowest BCUT2D eigenvalue weighted by molar-refractivity contribution is 0.522. The number of hydrogen-bond donors (Lipinski definition) is 2. The number of halogens is 2. The number of nitrogens with two attached hydrogens (primary N) is 1. The number of rotatable bonds is 6. The molecule has 0 amide bonds. The first kappa shape index (κ1) is 15.9. The normalized spacial score (nSPS) is 13.6. The summed E-state index contributed by atoms with van der Waals surface area (Å²) in [6.45, 7) is 4.03.